The molecule has 0 aliphatic carbocycles. The van der Waals surface area contributed by atoms with Gasteiger partial charge in [0, 0.05) is 22.9 Å². The summed E-state index contributed by atoms with van der Waals surface area (Å²) in [5.74, 6) is -0.142. The second-order valence-electron chi connectivity index (χ2n) is 3.64. The van der Waals surface area contributed by atoms with E-state index in [9.17, 15) is 4.79 Å². The number of aliphatic hydroxyl groups excluding tert-OH is 1. The highest BCUT2D eigenvalue weighted by molar-refractivity contribution is 14.1. The highest BCUT2D eigenvalue weighted by atomic mass is 127. The van der Waals surface area contributed by atoms with Crippen LogP contribution < -0.4 is 5.32 Å². The van der Waals surface area contributed by atoms with Crippen molar-refractivity contribution >= 4 is 28.5 Å². The number of benzene rings is 1. The van der Waals surface area contributed by atoms with Crippen LogP contribution in [-0.2, 0) is 4.74 Å². The lowest BCUT2D eigenvalue weighted by atomic mass is 10.1. The van der Waals surface area contributed by atoms with Crippen LogP contribution in [0.5, 0.6) is 0 Å². The molecule has 1 aromatic carbocycles. The van der Waals surface area contributed by atoms with Crippen molar-refractivity contribution < 1.29 is 14.6 Å². The molecular formula is C12H16INO3. The molecule has 1 unspecified atom stereocenters. The van der Waals surface area contributed by atoms with Gasteiger partial charge in [-0.1, -0.05) is 0 Å². The Bertz CT molecular complexity index is 347. The van der Waals surface area contributed by atoms with Crippen LogP contribution in [0.15, 0.2) is 24.3 Å². The monoisotopic (exact) mass is 349 g/mol. The first-order valence-corrected chi connectivity index (χ1v) is 6.41. The number of carbonyl (C=O) groups is 1. The molecule has 94 valence electrons. The molecule has 1 aromatic rings. The molecule has 1 amide bonds. The number of nitrogens with one attached hydrogen (secondary N) is 1. The summed E-state index contributed by atoms with van der Waals surface area (Å²) < 4.78 is 6.07. The number of amides is 1. The Morgan fingerprint density at radius 3 is 2.65 bits per heavy atom. The molecule has 0 fully saturated rings. The molecule has 0 spiro atoms. The lowest BCUT2D eigenvalue weighted by Crippen LogP contribution is -2.38. The number of hydrogen-bond acceptors (Lipinski definition) is 3. The molecule has 4 nitrogen and oxygen atoms in total. The first-order chi connectivity index (χ1) is 8.17. The number of rotatable bonds is 6. The van der Waals surface area contributed by atoms with Crippen molar-refractivity contribution in [3.63, 3.8) is 0 Å². The zero-order valence-electron chi connectivity index (χ0n) is 9.65. The Balaban J connectivity index is 2.60. The molecule has 0 saturated heterocycles. The molecule has 0 saturated carbocycles. The van der Waals surface area contributed by atoms with E-state index in [1.807, 2.05) is 12.1 Å². The van der Waals surface area contributed by atoms with Crippen LogP contribution in [0.25, 0.3) is 0 Å². The van der Waals surface area contributed by atoms with Crippen molar-refractivity contribution in [3.8, 4) is 0 Å². The van der Waals surface area contributed by atoms with E-state index in [2.05, 4.69) is 27.9 Å². The van der Waals surface area contributed by atoms with Crippen molar-refractivity contribution in [1.29, 1.82) is 0 Å². The van der Waals surface area contributed by atoms with Gasteiger partial charge >= 0.3 is 0 Å². The van der Waals surface area contributed by atoms with E-state index in [1.54, 1.807) is 19.2 Å². The number of methoxy groups -OCH3 is 1. The number of halogens is 1. The van der Waals surface area contributed by atoms with Crippen LogP contribution in [0.3, 0.4) is 0 Å². The quantitative estimate of drug-likeness (QED) is 0.764. The minimum atomic E-state index is -0.156. The van der Waals surface area contributed by atoms with Crippen LogP contribution in [0.1, 0.15) is 16.8 Å². The van der Waals surface area contributed by atoms with Gasteiger partial charge in [-0.3, -0.25) is 4.79 Å². The molecule has 0 radical (unpaired) electrons. The van der Waals surface area contributed by atoms with Crippen molar-refractivity contribution in [3.05, 3.63) is 33.4 Å². The molecular weight excluding hydrogens is 333 g/mol. The molecule has 0 aliphatic rings. The second-order valence-corrected chi connectivity index (χ2v) is 4.89. The summed E-state index contributed by atoms with van der Waals surface area (Å²) in [5, 5.41) is 11.7. The van der Waals surface area contributed by atoms with Crippen LogP contribution in [0.4, 0.5) is 0 Å². The van der Waals surface area contributed by atoms with Crippen molar-refractivity contribution in [2.45, 2.75) is 12.5 Å². The molecule has 1 atom stereocenters. The van der Waals surface area contributed by atoms with E-state index in [0.29, 0.717) is 18.6 Å². The third-order valence-electron chi connectivity index (χ3n) is 2.29. The summed E-state index contributed by atoms with van der Waals surface area (Å²) in [6.45, 7) is 0.428. The van der Waals surface area contributed by atoms with E-state index in [0.717, 1.165) is 3.57 Å². The Morgan fingerprint density at radius 2 is 2.12 bits per heavy atom. The molecule has 17 heavy (non-hydrogen) atoms. The lowest BCUT2D eigenvalue weighted by Gasteiger charge is -2.16. The maximum absolute atomic E-state index is 11.9. The van der Waals surface area contributed by atoms with Gasteiger partial charge in [0.1, 0.15) is 0 Å². The fourth-order valence-electron chi connectivity index (χ4n) is 1.42. The number of ether oxygens (including phenoxy) is 1. The van der Waals surface area contributed by atoms with E-state index in [4.69, 9.17) is 9.84 Å². The van der Waals surface area contributed by atoms with Crippen LogP contribution in [0.2, 0.25) is 0 Å². The van der Waals surface area contributed by atoms with Crippen LogP contribution in [-0.4, -0.2) is 37.4 Å². The van der Waals surface area contributed by atoms with Crippen molar-refractivity contribution in [2.75, 3.05) is 20.3 Å². The topological polar surface area (TPSA) is 58.6 Å². The van der Waals surface area contributed by atoms with Gasteiger partial charge < -0.3 is 15.2 Å². The first kappa shape index (κ1) is 14.4. The number of hydrogen-bond donors (Lipinski definition) is 2. The molecule has 0 aromatic heterocycles. The molecule has 1 rings (SSSR count). The SMILES string of the molecule is COCC(CCO)NC(=O)c1ccc(I)cc1. The third kappa shape index (κ3) is 5.01. The average Bonchev–Trinajstić information content (AvgIpc) is 2.30. The summed E-state index contributed by atoms with van der Waals surface area (Å²) in [4.78, 5) is 11.9. The fraction of sp³-hybridized carbons (Fsp3) is 0.417. The maximum Gasteiger partial charge on any atom is 0.251 e. The van der Waals surface area contributed by atoms with Crippen molar-refractivity contribution in [2.24, 2.45) is 0 Å². The Hall–Kier alpha value is -0.660. The third-order valence-corrected chi connectivity index (χ3v) is 3.01. The van der Waals surface area contributed by atoms with Crippen molar-refractivity contribution in [1.82, 2.24) is 5.32 Å². The molecule has 0 heterocycles. The van der Waals surface area contributed by atoms with Gasteiger partial charge in [0.15, 0.2) is 0 Å². The van der Waals surface area contributed by atoms with Crippen LogP contribution in [0, 0.1) is 3.57 Å². The smallest absolute Gasteiger partial charge is 0.251 e. The summed E-state index contributed by atoms with van der Waals surface area (Å²) in [6, 6.07) is 7.16. The summed E-state index contributed by atoms with van der Waals surface area (Å²) in [7, 11) is 1.57. The zero-order valence-corrected chi connectivity index (χ0v) is 11.8. The minimum absolute atomic E-state index is 0.0288. The summed E-state index contributed by atoms with van der Waals surface area (Å²) >= 11 is 2.19. The summed E-state index contributed by atoms with van der Waals surface area (Å²) in [6.07, 6.45) is 0.490. The predicted molar refractivity (Wildman–Crippen MR) is 74.0 cm³/mol. The standard InChI is InChI=1S/C12H16INO3/c1-17-8-11(6-7-15)14-12(16)9-2-4-10(13)5-3-9/h2-5,11,15H,6-8H2,1H3,(H,14,16). The molecule has 2 N–H and O–H groups in total. The largest absolute Gasteiger partial charge is 0.396 e. The zero-order chi connectivity index (χ0) is 12.7. The van der Waals surface area contributed by atoms with Gasteiger partial charge in [0.2, 0.25) is 0 Å². The number of carbonyl (C=O) groups excluding carboxylic acids is 1. The average molecular weight is 349 g/mol. The van der Waals surface area contributed by atoms with Crippen LogP contribution >= 0.6 is 22.6 Å². The Morgan fingerprint density at radius 1 is 1.47 bits per heavy atom. The van der Waals surface area contributed by atoms with E-state index >= 15 is 0 Å². The second kappa shape index (κ2) is 7.62. The van der Waals surface area contributed by atoms with E-state index in [1.165, 1.54) is 0 Å². The fourth-order valence-corrected chi connectivity index (χ4v) is 1.78. The van der Waals surface area contributed by atoms with Gasteiger partial charge in [0.05, 0.1) is 12.6 Å². The van der Waals surface area contributed by atoms with Gasteiger partial charge in [-0.15, -0.1) is 0 Å². The Labute approximate surface area is 115 Å². The number of aliphatic hydroxyl groups is 1. The van der Waals surface area contributed by atoms with Gasteiger partial charge in [-0.2, -0.15) is 0 Å². The van der Waals surface area contributed by atoms with Gasteiger partial charge in [-0.05, 0) is 53.3 Å². The van der Waals surface area contributed by atoms with Gasteiger partial charge in [0.25, 0.3) is 5.91 Å². The van der Waals surface area contributed by atoms with Gasteiger partial charge in [-0.25, -0.2) is 0 Å². The molecule has 5 heteroatoms. The molecule has 0 bridgehead atoms. The molecule has 0 aliphatic heterocycles. The Kier molecular flexibility index (Phi) is 6.46. The predicted octanol–water partition coefficient (Wildman–Crippen LogP) is 1.42. The van der Waals surface area contributed by atoms with E-state index in [-0.39, 0.29) is 18.6 Å². The maximum atomic E-state index is 11.9. The highest BCUT2D eigenvalue weighted by Crippen LogP contribution is 2.07. The highest BCUT2D eigenvalue weighted by Gasteiger charge is 2.12. The summed E-state index contributed by atoms with van der Waals surface area (Å²) in [5.41, 5.74) is 0.615. The normalized spacial score (nSPS) is 12.2. The van der Waals surface area contributed by atoms with E-state index < -0.39 is 0 Å². The lowest BCUT2D eigenvalue weighted by molar-refractivity contribution is 0.0878. The minimum Gasteiger partial charge on any atom is -0.396 e. The first-order valence-electron chi connectivity index (χ1n) is 5.33.